The number of imidazole rings is 1. The molecule has 4 aromatic rings. The van der Waals surface area contributed by atoms with Gasteiger partial charge in [0.25, 0.3) is 0 Å². The molecule has 0 aliphatic carbocycles. The third-order valence-corrected chi connectivity index (χ3v) is 5.30. The van der Waals surface area contributed by atoms with Crippen molar-refractivity contribution in [3.63, 3.8) is 0 Å². The first-order chi connectivity index (χ1) is 12.4. The van der Waals surface area contributed by atoms with Crippen molar-refractivity contribution in [2.24, 2.45) is 0 Å². The van der Waals surface area contributed by atoms with Crippen molar-refractivity contribution in [2.75, 3.05) is 6.54 Å². The zero-order valence-corrected chi connectivity index (χ0v) is 14.1. The first-order valence-corrected chi connectivity index (χ1v) is 9.15. The molecular weight excluding hydrogens is 363 g/mol. The van der Waals surface area contributed by atoms with Crippen LogP contribution in [0.15, 0.2) is 56.8 Å². The summed E-state index contributed by atoms with van der Waals surface area (Å²) in [5, 5.41) is 0. The van der Waals surface area contributed by atoms with Crippen molar-refractivity contribution in [1.82, 2.24) is 19.1 Å². The van der Waals surface area contributed by atoms with Crippen LogP contribution in [0.3, 0.4) is 0 Å². The third kappa shape index (κ3) is 3.11. The highest BCUT2D eigenvalue weighted by Crippen LogP contribution is 2.16. The van der Waals surface area contributed by atoms with Gasteiger partial charge in [0.05, 0.1) is 16.1 Å². The summed E-state index contributed by atoms with van der Waals surface area (Å²) in [5.74, 6) is -1.03. The minimum Gasteiger partial charge on any atom is -0.408 e. The van der Waals surface area contributed by atoms with E-state index in [0.717, 1.165) is 0 Å². The summed E-state index contributed by atoms with van der Waals surface area (Å²) in [4.78, 5) is 17.9. The van der Waals surface area contributed by atoms with E-state index in [1.165, 1.54) is 30.5 Å². The number of aromatic amines is 1. The van der Waals surface area contributed by atoms with Gasteiger partial charge >= 0.3 is 5.76 Å². The molecule has 0 unspecified atom stereocenters. The van der Waals surface area contributed by atoms with Crippen molar-refractivity contribution < 1.29 is 17.2 Å². The molecule has 0 fully saturated rings. The summed E-state index contributed by atoms with van der Waals surface area (Å²) in [6, 6.07) is 6.98. The molecular formula is C16H13FN4O4S. The van der Waals surface area contributed by atoms with Gasteiger partial charge in [0, 0.05) is 31.4 Å². The summed E-state index contributed by atoms with van der Waals surface area (Å²) in [7, 11) is -3.77. The van der Waals surface area contributed by atoms with Crippen molar-refractivity contribution in [2.45, 2.75) is 11.3 Å². The van der Waals surface area contributed by atoms with E-state index in [2.05, 4.69) is 14.7 Å². The van der Waals surface area contributed by atoms with Gasteiger partial charge in [-0.25, -0.2) is 27.3 Å². The predicted molar refractivity (Wildman–Crippen MR) is 90.9 cm³/mol. The Morgan fingerprint density at radius 2 is 2.08 bits per heavy atom. The second-order valence-corrected chi connectivity index (χ2v) is 7.43. The topological polar surface area (TPSA) is 109 Å². The maximum atomic E-state index is 13.2. The Bertz CT molecular complexity index is 1270. The molecule has 0 amide bonds. The smallest absolute Gasteiger partial charge is 0.408 e. The Hall–Kier alpha value is -2.98. The highest BCUT2D eigenvalue weighted by molar-refractivity contribution is 7.89. The molecule has 0 aliphatic rings. The van der Waals surface area contributed by atoms with Gasteiger partial charge in [-0.2, -0.15) is 0 Å². The van der Waals surface area contributed by atoms with Gasteiger partial charge in [0.1, 0.15) is 11.5 Å². The van der Waals surface area contributed by atoms with Crippen LogP contribution in [0.5, 0.6) is 0 Å². The predicted octanol–water partition coefficient (Wildman–Crippen LogP) is 1.43. The van der Waals surface area contributed by atoms with Crippen LogP contribution in [0.4, 0.5) is 4.39 Å². The van der Waals surface area contributed by atoms with Crippen LogP contribution in [-0.2, 0) is 16.4 Å². The lowest BCUT2D eigenvalue weighted by Crippen LogP contribution is -2.26. The molecule has 4 rings (SSSR count). The van der Waals surface area contributed by atoms with E-state index in [1.54, 1.807) is 16.7 Å². The normalized spacial score (nSPS) is 12.2. The molecule has 3 aromatic heterocycles. The molecule has 3 heterocycles. The van der Waals surface area contributed by atoms with E-state index >= 15 is 0 Å². The number of nitrogens with zero attached hydrogens (tertiary/aromatic N) is 2. The van der Waals surface area contributed by atoms with E-state index < -0.39 is 15.8 Å². The minimum absolute atomic E-state index is 0.00942. The average Bonchev–Trinajstić information content (AvgIpc) is 3.15. The van der Waals surface area contributed by atoms with E-state index in [9.17, 15) is 17.6 Å². The standard InChI is InChI=1S/C16H13FN4O4S/c17-10-1-4-15-19-11(9-21(15)8-10)5-6-18-26(23,24)12-2-3-13-14(7-12)25-16(22)20-13/h1-4,7-9,18H,5-6H2,(H,20,22). The Morgan fingerprint density at radius 1 is 1.23 bits per heavy atom. The van der Waals surface area contributed by atoms with Gasteiger partial charge in [-0.3, -0.25) is 4.98 Å². The molecule has 10 heteroatoms. The van der Waals surface area contributed by atoms with Crippen LogP contribution in [0.1, 0.15) is 5.69 Å². The number of fused-ring (bicyclic) bond motifs is 2. The first kappa shape index (κ1) is 16.5. The lowest BCUT2D eigenvalue weighted by Gasteiger charge is -2.05. The lowest BCUT2D eigenvalue weighted by atomic mass is 10.3. The number of pyridine rings is 1. The van der Waals surface area contributed by atoms with Crippen LogP contribution in [-0.4, -0.2) is 29.3 Å². The highest BCUT2D eigenvalue weighted by atomic mass is 32.2. The minimum atomic E-state index is -3.77. The van der Waals surface area contributed by atoms with Crippen molar-refractivity contribution in [3.05, 3.63) is 64.8 Å². The molecule has 0 aliphatic heterocycles. The highest BCUT2D eigenvalue weighted by Gasteiger charge is 2.16. The van der Waals surface area contributed by atoms with Crippen molar-refractivity contribution in [1.29, 1.82) is 0 Å². The van der Waals surface area contributed by atoms with Gasteiger partial charge < -0.3 is 8.82 Å². The molecule has 2 N–H and O–H groups in total. The second-order valence-electron chi connectivity index (χ2n) is 5.67. The van der Waals surface area contributed by atoms with Crippen LogP contribution < -0.4 is 10.5 Å². The zero-order chi connectivity index (χ0) is 18.3. The number of hydrogen-bond donors (Lipinski definition) is 2. The fraction of sp³-hybridized carbons (Fsp3) is 0.125. The molecule has 0 bridgehead atoms. The van der Waals surface area contributed by atoms with Gasteiger partial charge in [-0.05, 0) is 24.3 Å². The summed E-state index contributed by atoms with van der Waals surface area (Å²) >= 11 is 0. The second kappa shape index (κ2) is 6.07. The monoisotopic (exact) mass is 376 g/mol. The molecule has 0 saturated carbocycles. The molecule has 0 saturated heterocycles. The SMILES string of the molecule is O=c1[nH]c2ccc(S(=O)(=O)NCCc3cn4cc(F)ccc4n3)cc2o1. The number of benzene rings is 1. The number of nitrogens with one attached hydrogen (secondary N) is 2. The van der Waals surface area contributed by atoms with E-state index in [0.29, 0.717) is 23.3 Å². The number of H-pyrrole nitrogens is 1. The number of aromatic nitrogens is 3. The number of rotatable bonds is 5. The first-order valence-electron chi connectivity index (χ1n) is 7.66. The molecule has 0 radical (unpaired) electrons. The Balaban J connectivity index is 1.48. The molecule has 134 valence electrons. The molecule has 26 heavy (non-hydrogen) atoms. The largest absolute Gasteiger partial charge is 0.417 e. The summed E-state index contributed by atoms with van der Waals surface area (Å²) in [6.07, 6.45) is 3.28. The zero-order valence-electron chi connectivity index (χ0n) is 13.3. The van der Waals surface area contributed by atoms with E-state index in [-0.39, 0.29) is 22.8 Å². The Kier molecular flexibility index (Phi) is 3.85. The Morgan fingerprint density at radius 3 is 2.92 bits per heavy atom. The number of sulfonamides is 1. The van der Waals surface area contributed by atoms with Crippen LogP contribution >= 0.6 is 0 Å². The number of oxazole rings is 1. The molecule has 0 atom stereocenters. The van der Waals surface area contributed by atoms with Crippen molar-refractivity contribution in [3.8, 4) is 0 Å². The Labute approximate surface area is 146 Å². The lowest BCUT2D eigenvalue weighted by molar-refractivity contribution is 0.553. The van der Waals surface area contributed by atoms with Gasteiger partial charge in [0.2, 0.25) is 10.0 Å². The molecule has 1 aromatic carbocycles. The summed E-state index contributed by atoms with van der Waals surface area (Å²) in [6.45, 7) is 0.115. The fourth-order valence-electron chi connectivity index (χ4n) is 2.63. The molecule has 8 nitrogen and oxygen atoms in total. The van der Waals surface area contributed by atoms with Gasteiger partial charge in [0.15, 0.2) is 5.58 Å². The quantitative estimate of drug-likeness (QED) is 0.548. The maximum Gasteiger partial charge on any atom is 0.417 e. The summed E-state index contributed by atoms with van der Waals surface area (Å²) < 4.78 is 46.8. The number of halogens is 1. The average molecular weight is 376 g/mol. The van der Waals surface area contributed by atoms with Crippen LogP contribution in [0.2, 0.25) is 0 Å². The van der Waals surface area contributed by atoms with Gasteiger partial charge in [-0.15, -0.1) is 0 Å². The maximum absolute atomic E-state index is 13.2. The van der Waals surface area contributed by atoms with E-state index in [1.807, 2.05) is 0 Å². The van der Waals surface area contributed by atoms with Gasteiger partial charge in [-0.1, -0.05) is 0 Å². The van der Waals surface area contributed by atoms with Crippen LogP contribution in [0.25, 0.3) is 16.7 Å². The fourth-order valence-corrected chi connectivity index (χ4v) is 3.67. The van der Waals surface area contributed by atoms with Crippen molar-refractivity contribution >= 4 is 26.8 Å². The van der Waals surface area contributed by atoms with Crippen LogP contribution in [0, 0.1) is 5.82 Å². The number of hydrogen-bond acceptors (Lipinski definition) is 5. The van der Waals surface area contributed by atoms with E-state index in [4.69, 9.17) is 4.42 Å². The molecule has 0 spiro atoms. The third-order valence-electron chi connectivity index (χ3n) is 3.84. The summed E-state index contributed by atoms with van der Waals surface area (Å²) in [5.41, 5.74) is 1.80.